The molecule has 2 aromatic rings. The van der Waals surface area contributed by atoms with E-state index in [9.17, 15) is 5.21 Å². The van der Waals surface area contributed by atoms with Gasteiger partial charge in [0.25, 0.3) is 0 Å². The van der Waals surface area contributed by atoms with Crippen LogP contribution in [0.5, 0.6) is 0 Å². The topological polar surface area (TPSA) is 70.9 Å². The quantitative estimate of drug-likeness (QED) is 0.663. The number of oxime groups is 1. The van der Waals surface area contributed by atoms with Gasteiger partial charge < -0.3 is 14.0 Å². The van der Waals surface area contributed by atoms with Crippen LogP contribution in [-0.2, 0) is 0 Å². The summed E-state index contributed by atoms with van der Waals surface area (Å²) in [6.45, 7) is 2.08. The van der Waals surface area contributed by atoms with Crippen molar-refractivity contribution in [3.8, 4) is 0 Å². The molecular weight excluding hydrogens is 256 g/mol. The first-order valence-electron chi connectivity index (χ1n) is 6.87. The Morgan fingerprint density at radius 3 is 2.50 bits per heavy atom. The number of hydrogen-bond donors (Lipinski definition) is 2. The van der Waals surface area contributed by atoms with E-state index in [1.165, 1.54) is 0 Å². The molecule has 1 fully saturated rings. The van der Waals surface area contributed by atoms with Gasteiger partial charge in [0.15, 0.2) is 0 Å². The molecule has 2 aromatic heterocycles. The van der Waals surface area contributed by atoms with E-state index in [4.69, 9.17) is 8.83 Å². The molecule has 0 saturated carbocycles. The van der Waals surface area contributed by atoms with Crippen molar-refractivity contribution < 1.29 is 14.0 Å². The molecule has 0 amide bonds. The maximum atomic E-state index is 9.32. The van der Waals surface area contributed by atoms with E-state index >= 15 is 0 Å². The van der Waals surface area contributed by atoms with Crippen LogP contribution in [-0.4, -0.2) is 10.9 Å². The fourth-order valence-electron chi connectivity index (χ4n) is 2.95. The standard InChI is InChI=1S/C15H18N2O3/c1-2-10-11(17-18)9-12(13-5-3-7-19-13)16-15(10)14-6-4-8-20-14/h3-8,10,12,15-16,18H,2,9H2,1H3/b17-11+/t10-,12-,15-/m0/s1. The summed E-state index contributed by atoms with van der Waals surface area (Å²) < 4.78 is 11.0. The van der Waals surface area contributed by atoms with Crippen LogP contribution in [0, 0.1) is 5.92 Å². The maximum absolute atomic E-state index is 9.32. The van der Waals surface area contributed by atoms with E-state index in [2.05, 4.69) is 17.4 Å². The van der Waals surface area contributed by atoms with E-state index in [-0.39, 0.29) is 18.0 Å². The molecule has 1 aliphatic heterocycles. The molecule has 0 spiro atoms. The summed E-state index contributed by atoms with van der Waals surface area (Å²) in [5.74, 6) is 1.82. The predicted octanol–water partition coefficient (Wildman–Crippen LogP) is 3.50. The van der Waals surface area contributed by atoms with Crippen molar-refractivity contribution in [3.05, 3.63) is 48.3 Å². The normalized spacial score (nSPS) is 28.9. The van der Waals surface area contributed by atoms with Gasteiger partial charge in [-0.05, 0) is 30.7 Å². The van der Waals surface area contributed by atoms with Gasteiger partial charge in [0.1, 0.15) is 11.5 Å². The van der Waals surface area contributed by atoms with Crippen LogP contribution in [0.1, 0.15) is 43.4 Å². The number of furan rings is 2. The second kappa shape index (κ2) is 5.54. The minimum Gasteiger partial charge on any atom is -0.468 e. The second-order valence-corrected chi connectivity index (χ2v) is 5.04. The Morgan fingerprint density at radius 2 is 1.95 bits per heavy atom. The van der Waals surface area contributed by atoms with Crippen LogP contribution in [0.2, 0.25) is 0 Å². The number of rotatable bonds is 3. The lowest BCUT2D eigenvalue weighted by Gasteiger charge is -2.35. The van der Waals surface area contributed by atoms with Gasteiger partial charge >= 0.3 is 0 Å². The lowest BCUT2D eigenvalue weighted by molar-refractivity contribution is 0.256. The smallest absolute Gasteiger partial charge is 0.121 e. The van der Waals surface area contributed by atoms with Gasteiger partial charge in [-0.25, -0.2) is 0 Å². The first-order chi connectivity index (χ1) is 9.83. The molecule has 3 rings (SSSR count). The predicted molar refractivity (Wildman–Crippen MR) is 73.7 cm³/mol. The molecule has 1 saturated heterocycles. The van der Waals surface area contributed by atoms with Crippen molar-refractivity contribution in [2.45, 2.75) is 31.8 Å². The van der Waals surface area contributed by atoms with Gasteiger partial charge in [0, 0.05) is 12.3 Å². The van der Waals surface area contributed by atoms with Crippen LogP contribution < -0.4 is 5.32 Å². The molecule has 3 heterocycles. The Hall–Kier alpha value is -2.01. The van der Waals surface area contributed by atoms with E-state index in [0.717, 1.165) is 23.7 Å². The molecule has 106 valence electrons. The highest BCUT2D eigenvalue weighted by atomic mass is 16.4. The van der Waals surface area contributed by atoms with Crippen molar-refractivity contribution in [2.24, 2.45) is 11.1 Å². The third-order valence-electron chi connectivity index (χ3n) is 3.93. The van der Waals surface area contributed by atoms with E-state index in [0.29, 0.717) is 6.42 Å². The zero-order valence-corrected chi connectivity index (χ0v) is 11.3. The third kappa shape index (κ3) is 2.25. The molecule has 0 aliphatic carbocycles. The van der Waals surface area contributed by atoms with Gasteiger partial charge in [-0.1, -0.05) is 12.1 Å². The summed E-state index contributed by atoms with van der Waals surface area (Å²) in [5, 5.41) is 16.4. The maximum Gasteiger partial charge on any atom is 0.121 e. The fourth-order valence-corrected chi connectivity index (χ4v) is 2.95. The Balaban J connectivity index is 1.93. The zero-order valence-electron chi connectivity index (χ0n) is 11.3. The van der Waals surface area contributed by atoms with Gasteiger partial charge in [0.2, 0.25) is 0 Å². The van der Waals surface area contributed by atoms with Crippen LogP contribution in [0.4, 0.5) is 0 Å². The van der Waals surface area contributed by atoms with Crippen LogP contribution in [0.15, 0.2) is 50.8 Å². The minimum absolute atomic E-state index is 0.00574. The number of piperidine rings is 1. The summed E-state index contributed by atoms with van der Waals surface area (Å²) in [6, 6.07) is 7.59. The molecule has 20 heavy (non-hydrogen) atoms. The van der Waals surface area contributed by atoms with Crippen molar-refractivity contribution >= 4 is 5.71 Å². The minimum atomic E-state index is -0.00949. The average Bonchev–Trinajstić information content (AvgIpc) is 3.18. The lowest BCUT2D eigenvalue weighted by atomic mass is 9.82. The molecule has 5 nitrogen and oxygen atoms in total. The molecular formula is C15H18N2O3. The van der Waals surface area contributed by atoms with Crippen molar-refractivity contribution in [1.29, 1.82) is 0 Å². The summed E-state index contributed by atoms with van der Waals surface area (Å²) in [4.78, 5) is 0. The molecule has 5 heteroatoms. The second-order valence-electron chi connectivity index (χ2n) is 5.04. The van der Waals surface area contributed by atoms with Crippen LogP contribution >= 0.6 is 0 Å². The SMILES string of the molecule is CC[C@H]1/C(=N/O)C[C@@H](c2ccco2)N[C@@H]1c1ccco1. The number of nitrogens with zero attached hydrogens (tertiary/aromatic N) is 1. The highest BCUT2D eigenvalue weighted by Gasteiger charge is 2.37. The summed E-state index contributed by atoms with van der Waals surface area (Å²) in [7, 11) is 0. The van der Waals surface area contributed by atoms with Gasteiger partial charge in [-0.15, -0.1) is 0 Å². The number of hydrogen-bond acceptors (Lipinski definition) is 5. The van der Waals surface area contributed by atoms with E-state index < -0.39 is 0 Å². The highest BCUT2D eigenvalue weighted by Crippen LogP contribution is 2.37. The van der Waals surface area contributed by atoms with E-state index in [1.807, 2.05) is 24.3 Å². The van der Waals surface area contributed by atoms with Gasteiger partial charge in [-0.2, -0.15) is 0 Å². The Morgan fingerprint density at radius 1 is 1.25 bits per heavy atom. The molecule has 1 aliphatic rings. The molecule has 0 bridgehead atoms. The van der Waals surface area contributed by atoms with Crippen molar-refractivity contribution in [3.63, 3.8) is 0 Å². The summed E-state index contributed by atoms with van der Waals surface area (Å²) in [6.07, 6.45) is 4.83. The summed E-state index contributed by atoms with van der Waals surface area (Å²) in [5.41, 5.74) is 0.786. The number of nitrogens with one attached hydrogen (secondary N) is 1. The van der Waals surface area contributed by atoms with Crippen LogP contribution in [0.3, 0.4) is 0 Å². The van der Waals surface area contributed by atoms with E-state index in [1.54, 1.807) is 12.5 Å². The van der Waals surface area contributed by atoms with Gasteiger partial charge in [-0.3, -0.25) is 5.32 Å². The molecule has 0 unspecified atom stereocenters. The monoisotopic (exact) mass is 274 g/mol. The molecule has 2 N–H and O–H groups in total. The summed E-state index contributed by atoms with van der Waals surface area (Å²) >= 11 is 0. The first kappa shape index (κ1) is 13.0. The fraction of sp³-hybridized carbons (Fsp3) is 0.400. The van der Waals surface area contributed by atoms with Crippen molar-refractivity contribution in [2.75, 3.05) is 0 Å². The molecule has 0 aromatic carbocycles. The lowest BCUT2D eigenvalue weighted by Crippen LogP contribution is -2.42. The largest absolute Gasteiger partial charge is 0.468 e. The molecule has 0 radical (unpaired) electrons. The first-order valence-corrected chi connectivity index (χ1v) is 6.87. The Kier molecular flexibility index (Phi) is 3.60. The van der Waals surface area contributed by atoms with Crippen LogP contribution in [0.25, 0.3) is 0 Å². The Labute approximate surface area is 117 Å². The van der Waals surface area contributed by atoms with Gasteiger partial charge in [0.05, 0.1) is 30.3 Å². The molecule has 3 atom stereocenters. The highest BCUT2D eigenvalue weighted by molar-refractivity contribution is 5.88. The third-order valence-corrected chi connectivity index (χ3v) is 3.93. The average molecular weight is 274 g/mol. The Bertz CT molecular complexity index is 560. The zero-order chi connectivity index (χ0) is 13.9. The van der Waals surface area contributed by atoms with Crippen molar-refractivity contribution in [1.82, 2.24) is 5.32 Å².